The minimum absolute atomic E-state index is 0.118. The number of nitrogens with zero attached hydrogens (tertiary/aromatic N) is 2. The lowest BCUT2D eigenvalue weighted by atomic mass is 10.0. The summed E-state index contributed by atoms with van der Waals surface area (Å²) in [5.74, 6) is 0. The van der Waals surface area contributed by atoms with E-state index in [1.165, 1.54) is 6.33 Å². The molecule has 2 aromatic heterocycles. The van der Waals surface area contributed by atoms with Gasteiger partial charge in [-0.2, -0.15) is 0 Å². The van der Waals surface area contributed by atoms with Gasteiger partial charge in [-0.3, -0.25) is 9.78 Å². The molecule has 3 aromatic rings. The van der Waals surface area contributed by atoms with Crippen molar-refractivity contribution in [2.75, 3.05) is 0 Å². The zero-order chi connectivity index (χ0) is 12.5. The van der Waals surface area contributed by atoms with Crippen LogP contribution in [0.3, 0.4) is 0 Å². The van der Waals surface area contributed by atoms with Crippen LogP contribution in [-0.2, 0) is 0 Å². The molecule has 1 N–H and O–H groups in total. The average Bonchev–Trinajstić information content (AvgIpc) is 2.41. The lowest BCUT2D eigenvalue weighted by Gasteiger charge is -2.06. The van der Waals surface area contributed by atoms with Crippen LogP contribution in [0.4, 0.5) is 0 Å². The van der Waals surface area contributed by atoms with Gasteiger partial charge in [-0.25, -0.2) is 4.98 Å². The Balaban J connectivity index is 2.39. The number of para-hydroxylation sites is 1. The first kappa shape index (κ1) is 10.7. The second kappa shape index (κ2) is 4.07. The van der Waals surface area contributed by atoms with Crippen molar-refractivity contribution in [3.05, 3.63) is 58.8 Å². The summed E-state index contributed by atoms with van der Waals surface area (Å²) in [5.41, 5.74) is 2.92. The number of nitrogens with one attached hydrogen (secondary N) is 1. The third-order valence-electron chi connectivity index (χ3n) is 2.97. The van der Waals surface area contributed by atoms with E-state index in [2.05, 4.69) is 15.0 Å². The predicted octanol–water partition coefficient (Wildman–Crippen LogP) is 2.29. The number of aromatic nitrogens is 3. The SMILES string of the molecule is Cc1c(-c2cccc3cccnc23)nc[nH]c1=O. The van der Waals surface area contributed by atoms with Gasteiger partial charge in [0.2, 0.25) is 0 Å². The molecule has 0 saturated heterocycles. The van der Waals surface area contributed by atoms with E-state index in [1.54, 1.807) is 13.1 Å². The Labute approximate surface area is 103 Å². The molecule has 0 saturated carbocycles. The minimum atomic E-state index is -0.118. The third kappa shape index (κ3) is 1.59. The van der Waals surface area contributed by atoms with Crippen LogP contribution in [0.15, 0.2) is 47.7 Å². The number of rotatable bonds is 1. The van der Waals surface area contributed by atoms with Gasteiger partial charge in [0.25, 0.3) is 5.56 Å². The van der Waals surface area contributed by atoms with Gasteiger partial charge in [0.15, 0.2) is 0 Å². The maximum Gasteiger partial charge on any atom is 0.254 e. The van der Waals surface area contributed by atoms with Crippen molar-refractivity contribution in [2.24, 2.45) is 0 Å². The van der Waals surface area contributed by atoms with Crippen molar-refractivity contribution in [3.8, 4) is 11.3 Å². The number of hydrogen-bond donors (Lipinski definition) is 1. The number of aromatic amines is 1. The molecular weight excluding hydrogens is 226 g/mol. The Morgan fingerprint density at radius 3 is 2.83 bits per heavy atom. The number of hydrogen-bond acceptors (Lipinski definition) is 3. The van der Waals surface area contributed by atoms with Crippen LogP contribution in [0.2, 0.25) is 0 Å². The molecule has 0 bridgehead atoms. The molecule has 88 valence electrons. The summed E-state index contributed by atoms with van der Waals surface area (Å²) >= 11 is 0. The quantitative estimate of drug-likeness (QED) is 0.706. The van der Waals surface area contributed by atoms with E-state index in [9.17, 15) is 4.79 Å². The summed E-state index contributed by atoms with van der Waals surface area (Å²) < 4.78 is 0. The molecule has 1 aromatic carbocycles. The fraction of sp³-hybridized carbons (Fsp3) is 0.0714. The van der Waals surface area contributed by atoms with Gasteiger partial charge in [-0.15, -0.1) is 0 Å². The summed E-state index contributed by atoms with van der Waals surface area (Å²) in [5, 5.41) is 1.04. The van der Waals surface area contributed by atoms with Crippen LogP contribution in [0.5, 0.6) is 0 Å². The van der Waals surface area contributed by atoms with Crippen molar-refractivity contribution in [2.45, 2.75) is 6.92 Å². The van der Waals surface area contributed by atoms with Crippen molar-refractivity contribution >= 4 is 10.9 Å². The first-order valence-corrected chi connectivity index (χ1v) is 5.66. The summed E-state index contributed by atoms with van der Waals surface area (Å²) in [7, 11) is 0. The Morgan fingerprint density at radius 1 is 1.11 bits per heavy atom. The second-order valence-corrected chi connectivity index (χ2v) is 4.09. The van der Waals surface area contributed by atoms with E-state index < -0.39 is 0 Å². The zero-order valence-corrected chi connectivity index (χ0v) is 9.84. The number of pyridine rings is 1. The van der Waals surface area contributed by atoms with Gasteiger partial charge in [0.05, 0.1) is 17.5 Å². The molecule has 0 aliphatic carbocycles. The topological polar surface area (TPSA) is 58.6 Å². The molecule has 0 aliphatic rings. The Morgan fingerprint density at radius 2 is 1.94 bits per heavy atom. The largest absolute Gasteiger partial charge is 0.313 e. The highest BCUT2D eigenvalue weighted by Gasteiger charge is 2.10. The molecule has 0 radical (unpaired) electrons. The highest BCUT2D eigenvalue weighted by Crippen LogP contribution is 2.25. The molecule has 0 fully saturated rings. The average molecular weight is 237 g/mol. The van der Waals surface area contributed by atoms with E-state index in [0.29, 0.717) is 11.3 Å². The molecule has 2 heterocycles. The van der Waals surface area contributed by atoms with E-state index >= 15 is 0 Å². The van der Waals surface area contributed by atoms with E-state index in [1.807, 2.05) is 30.3 Å². The molecule has 4 heteroatoms. The van der Waals surface area contributed by atoms with Crippen LogP contribution in [0.1, 0.15) is 5.56 Å². The smallest absolute Gasteiger partial charge is 0.254 e. The van der Waals surface area contributed by atoms with Crippen molar-refractivity contribution in [1.82, 2.24) is 15.0 Å². The summed E-state index contributed by atoms with van der Waals surface area (Å²) in [4.78, 5) is 22.8. The fourth-order valence-electron chi connectivity index (χ4n) is 2.03. The zero-order valence-electron chi connectivity index (χ0n) is 9.84. The van der Waals surface area contributed by atoms with Gasteiger partial charge < -0.3 is 4.98 Å². The van der Waals surface area contributed by atoms with Gasteiger partial charge in [-0.05, 0) is 13.0 Å². The first-order chi connectivity index (χ1) is 8.77. The molecular formula is C14H11N3O. The molecule has 18 heavy (non-hydrogen) atoms. The van der Waals surface area contributed by atoms with Crippen LogP contribution < -0.4 is 5.56 Å². The lowest BCUT2D eigenvalue weighted by molar-refractivity contribution is 1.08. The molecule has 0 unspecified atom stereocenters. The van der Waals surface area contributed by atoms with E-state index in [4.69, 9.17) is 0 Å². The third-order valence-corrected chi connectivity index (χ3v) is 2.97. The van der Waals surface area contributed by atoms with E-state index in [-0.39, 0.29) is 5.56 Å². The second-order valence-electron chi connectivity index (χ2n) is 4.09. The van der Waals surface area contributed by atoms with Gasteiger partial charge in [-0.1, -0.05) is 24.3 Å². The van der Waals surface area contributed by atoms with Gasteiger partial charge >= 0.3 is 0 Å². The first-order valence-electron chi connectivity index (χ1n) is 5.66. The highest BCUT2D eigenvalue weighted by atomic mass is 16.1. The number of benzene rings is 1. The monoisotopic (exact) mass is 237 g/mol. The Bertz CT molecular complexity index is 772. The molecule has 4 nitrogen and oxygen atoms in total. The van der Waals surface area contributed by atoms with E-state index in [0.717, 1.165) is 16.5 Å². The van der Waals surface area contributed by atoms with Crippen LogP contribution >= 0.6 is 0 Å². The standard InChI is InChI=1S/C14H11N3O/c1-9-12(16-8-17-14(9)18)11-6-2-4-10-5-3-7-15-13(10)11/h2-8H,1H3,(H,16,17,18). The highest BCUT2D eigenvalue weighted by molar-refractivity contribution is 5.92. The minimum Gasteiger partial charge on any atom is -0.313 e. The molecule has 3 rings (SSSR count). The van der Waals surface area contributed by atoms with Gasteiger partial charge in [0, 0.05) is 22.7 Å². The molecule has 0 atom stereocenters. The summed E-state index contributed by atoms with van der Waals surface area (Å²) in [6.07, 6.45) is 3.17. The number of H-pyrrole nitrogens is 1. The maximum atomic E-state index is 11.6. The van der Waals surface area contributed by atoms with Crippen LogP contribution in [0.25, 0.3) is 22.2 Å². The van der Waals surface area contributed by atoms with Crippen molar-refractivity contribution < 1.29 is 0 Å². The van der Waals surface area contributed by atoms with Crippen LogP contribution in [0, 0.1) is 6.92 Å². The molecule has 0 spiro atoms. The fourth-order valence-corrected chi connectivity index (χ4v) is 2.03. The Kier molecular flexibility index (Phi) is 2.41. The predicted molar refractivity (Wildman–Crippen MR) is 70.3 cm³/mol. The number of fused-ring (bicyclic) bond motifs is 1. The normalized spacial score (nSPS) is 10.7. The summed E-state index contributed by atoms with van der Waals surface area (Å²) in [6.45, 7) is 1.77. The van der Waals surface area contributed by atoms with Gasteiger partial charge in [0.1, 0.15) is 0 Å². The van der Waals surface area contributed by atoms with Crippen molar-refractivity contribution in [1.29, 1.82) is 0 Å². The maximum absolute atomic E-state index is 11.6. The lowest BCUT2D eigenvalue weighted by Crippen LogP contribution is -2.11. The molecule has 0 aliphatic heterocycles. The van der Waals surface area contributed by atoms with Crippen LogP contribution in [-0.4, -0.2) is 15.0 Å². The van der Waals surface area contributed by atoms with Crippen molar-refractivity contribution in [3.63, 3.8) is 0 Å². The molecule has 0 amide bonds. The summed E-state index contributed by atoms with van der Waals surface area (Å²) in [6, 6.07) is 9.76. The Hall–Kier alpha value is -2.49.